The maximum absolute atomic E-state index is 14.3. The van der Waals surface area contributed by atoms with Crippen LogP contribution in [0.5, 0.6) is 5.75 Å². The van der Waals surface area contributed by atoms with Gasteiger partial charge in [-0.1, -0.05) is 0 Å². The molecule has 0 atom stereocenters. The van der Waals surface area contributed by atoms with Crippen molar-refractivity contribution >= 4 is 0 Å². The zero-order chi connectivity index (χ0) is 16.7. The largest absolute Gasteiger partial charge is 0.508 e. The Labute approximate surface area is 132 Å². The molecule has 0 aliphatic carbocycles. The number of phenols is 1. The van der Waals surface area contributed by atoms with Gasteiger partial charge in [0, 0.05) is 17.5 Å². The van der Waals surface area contributed by atoms with E-state index in [1.807, 2.05) is 30.5 Å². The normalized spacial score (nSPS) is 10.7. The van der Waals surface area contributed by atoms with Gasteiger partial charge in [-0.3, -0.25) is 0 Å². The summed E-state index contributed by atoms with van der Waals surface area (Å²) in [6.45, 7) is 5.53. The Morgan fingerprint density at radius 2 is 1.78 bits per heavy atom. The first-order valence-corrected chi connectivity index (χ1v) is 7.08. The van der Waals surface area contributed by atoms with Crippen LogP contribution in [-0.2, 0) is 0 Å². The minimum Gasteiger partial charge on any atom is -0.508 e. The summed E-state index contributed by atoms with van der Waals surface area (Å²) in [4.78, 5) is 0. The van der Waals surface area contributed by atoms with Gasteiger partial charge in [0.15, 0.2) is 11.6 Å². The summed E-state index contributed by atoms with van der Waals surface area (Å²) in [5.41, 5.74) is 2.91. The van der Waals surface area contributed by atoms with Crippen molar-refractivity contribution in [1.82, 2.24) is 14.3 Å². The van der Waals surface area contributed by atoms with Gasteiger partial charge in [0.2, 0.25) is 0 Å². The van der Waals surface area contributed by atoms with Crippen LogP contribution in [-0.4, -0.2) is 19.5 Å². The zero-order valence-corrected chi connectivity index (χ0v) is 13.0. The lowest BCUT2D eigenvalue weighted by Gasteiger charge is -2.13. The van der Waals surface area contributed by atoms with E-state index in [0.29, 0.717) is 17.1 Å². The molecule has 0 aliphatic heterocycles. The van der Waals surface area contributed by atoms with Crippen molar-refractivity contribution in [3.63, 3.8) is 0 Å². The number of rotatable bonds is 2. The van der Waals surface area contributed by atoms with E-state index in [1.165, 1.54) is 16.8 Å². The molecule has 1 N–H and O–H groups in total. The Hall–Kier alpha value is -3.07. The molecule has 6 heteroatoms. The molecule has 0 aliphatic rings. The average Bonchev–Trinajstić information content (AvgIpc) is 2.98. The number of halogens is 1. The summed E-state index contributed by atoms with van der Waals surface area (Å²) in [6.07, 6.45) is 0. The van der Waals surface area contributed by atoms with E-state index in [0.717, 1.165) is 17.5 Å². The quantitative estimate of drug-likeness (QED) is 0.789. The highest BCUT2D eigenvalue weighted by molar-refractivity contribution is 5.54. The number of nitriles is 1. The smallest absolute Gasteiger partial charge is 0.159 e. The number of hydrogen-bond donors (Lipinski definition) is 1. The summed E-state index contributed by atoms with van der Waals surface area (Å²) in [5, 5.41) is 23.2. The minimum absolute atomic E-state index is 0.162. The Morgan fingerprint density at radius 3 is 2.35 bits per heavy atom. The first-order chi connectivity index (χ1) is 10.9. The second-order valence-electron chi connectivity index (χ2n) is 5.39. The highest BCUT2D eigenvalue weighted by Gasteiger charge is 2.22. The SMILES string of the molecule is Cc1nn(-c2ccc(O)cc2F)c(-n2c(C)ccc2C)c1C#N. The van der Waals surface area contributed by atoms with Gasteiger partial charge in [-0.25, -0.2) is 9.07 Å². The van der Waals surface area contributed by atoms with E-state index in [1.54, 1.807) is 6.92 Å². The molecule has 0 saturated carbocycles. The molecule has 0 bridgehead atoms. The number of phenolic OH excluding ortho intramolecular Hbond substituents is 1. The number of aromatic nitrogens is 3. The molecular formula is C17H15FN4O. The second-order valence-corrected chi connectivity index (χ2v) is 5.39. The molecule has 3 aromatic rings. The van der Waals surface area contributed by atoms with Crippen LogP contribution in [0.25, 0.3) is 11.5 Å². The molecule has 0 fully saturated rings. The van der Waals surface area contributed by atoms with Gasteiger partial charge in [0.1, 0.15) is 23.1 Å². The van der Waals surface area contributed by atoms with Crippen molar-refractivity contribution in [1.29, 1.82) is 5.26 Å². The maximum Gasteiger partial charge on any atom is 0.159 e. The second kappa shape index (κ2) is 5.29. The van der Waals surface area contributed by atoms with Crippen LogP contribution in [0.1, 0.15) is 22.6 Å². The first-order valence-electron chi connectivity index (χ1n) is 7.08. The van der Waals surface area contributed by atoms with Crippen molar-refractivity contribution in [3.05, 3.63) is 58.8 Å². The van der Waals surface area contributed by atoms with Crippen LogP contribution in [0.4, 0.5) is 4.39 Å². The van der Waals surface area contributed by atoms with E-state index in [9.17, 15) is 14.8 Å². The van der Waals surface area contributed by atoms with Crippen molar-refractivity contribution in [2.75, 3.05) is 0 Å². The fraction of sp³-hybridized carbons (Fsp3) is 0.176. The van der Waals surface area contributed by atoms with Gasteiger partial charge < -0.3 is 9.67 Å². The molecule has 5 nitrogen and oxygen atoms in total. The number of hydrogen-bond acceptors (Lipinski definition) is 3. The lowest BCUT2D eigenvalue weighted by molar-refractivity contribution is 0.468. The summed E-state index contributed by atoms with van der Waals surface area (Å²) in [6, 6.07) is 9.86. The predicted molar refractivity (Wildman–Crippen MR) is 83.4 cm³/mol. The zero-order valence-electron chi connectivity index (χ0n) is 13.0. The third-order valence-electron chi connectivity index (χ3n) is 3.79. The minimum atomic E-state index is -0.610. The van der Waals surface area contributed by atoms with Gasteiger partial charge in [0.05, 0.1) is 5.69 Å². The molecule has 0 radical (unpaired) electrons. The lowest BCUT2D eigenvalue weighted by atomic mass is 10.2. The van der Waals surface area contributed by atoms with Crippen molar-refractivity contribution < 1.29 is 9.50 Å². The van der Waals surface area contributed by atoms with Crippen LogP contribution < -0.4 is 0 Å². The Balaban J connectivity index is 2.38. The third kappa shape index (κ3) is 2.27. The van der Waals surface area contributed by atoms with Crippen molar-refractivity contribution in [3.8, 4) is 23.3 Å². The fourth-order valence-electron chi connectivity index (χ4n) is 2.69. The highest BCUT2D eigenvalue weighted by atomic mass is 19.1. The van der Waals surface area contributed by atoms with Gasteiger partial charge in [-0.2, -0.15) is 10.4 Å². The average molecular weight is 310 g/mol. The molecule has 2 heterocycles. The molecule has 3 rings (SSSR count). The van der Waals surface area contributed by atoms with Crippen molar-refractivity contribution in [2.45, 2.75) is 20.8 Å². The van der Waals surface area contributed by atoms with Crippen LogP contribution in [0.2, 0.25) is 0 Å². The maximum atomic E-state index is 14.3. The van der Waals surface area contributed by atoms with Gasteiger partial charge in [-0.05, 0) is 45.0 Å². The predicted octanol–water partition coefficient (Wildman–Crippen LogP) is 3.30. The molecular weight excluding hydrogens is 295 g/mol. The van der Waals surface area contributed by atoms with Gasteiger partial charge >= 0.3 is 0 Å². The Kier molecular flexibility index (Phi) is 3.41. The molecule has 116 valence electrons. The highest BCUT2D eigenvalue weighted by Crippen LogP contribution is 2.27. The summed E-state index contributed by atoms with van der Waals surface area (Å²) >= 11 is 0. The topological polar surface area (TPSA) is 66.8 Å². The Morgan fingerprint density at radius 1 is 1.13 bits per heavy atom. The Bertz CT molecular complexity index is 927. The first kappa shape index (κ1) is 14.9. The van der Waals surface area contributed by atoms with Crippen molar-refractivity contribution in [2.24, 2.45) is 0 Å². The third-order valence-corrected chi connectivity index (χ3v) is 3.79. The molecule has 0 amide bonds. The molecule has 0 unspecified atom stereocenters. The summed E-state index contributed by atoms with van der Waals surface area (Å²) in [5.74, 6) is -0.277. The monoisotopic (exact) mass is 310 g/mol. The van der Waals surface area contributed by atoms with E-state index in [-0.39, 0.29) is 11.4 Å². The lowest BCUT2D eigenvalue weighted by Crippen LogP contribution is -2.10. The molecule has 0 saturated heterocycles. The van der Waals surface area contributed by atoms with Crippen LogP contribution >= 0.6 is 0 Å². The standard InChI is InChI=1S/C17H15FN4O/c1-10-4-5-11(2)21(10)17-14(9-19)12(3)20-22(17)16-7-6-13(23)8-15(16)18/h4-8,23H,1-3H3. The van der Waals surface area contributed by atoms with E-state index >= 15 is 0 Å². The van der Waals surface area contributed by atoms with Gasteiger partial charge in [0.25, 0.3) is 0 Å². The number of aromatic hydroxyl groups is 1. The summed E-state index contributed by atoms with van der Waals surface area (Å²) < 4.78 is 17.6. The summed E-state index contributed by atoms with van der Waals surface area (Å²) in [7, 11) is 0. The van der Waals surface area contributed by atoms with E-state index in [2.05, 4.69) is 11.2 Å². The van der Waals surface area contributed by atoms with Crippen LogP contribution in [0, 0.1) is 37.9 Å². The van der Waals surface area contributed by atoms with E-state index in [4.69, 9.17) is 0 Å². The van der Waals surface area contributed by atoms with Crippen LogP contribution in [0.3, 0.4) is 0 Å². The molecule has 23 heavy (non-hydrogen) atoms. The number of benzene rings is 1. The number of nitrogens with zero attached hydrogens (tertiary/aromatic N) is 4. The molecule has 0 spiro atoms. The van der Waals surface area contributed by atoms with Gasteiger partial charge in [-0.15, -0.1) is 0 Å². The van der Waals surface area contributed by atoms with E-state index < -0.39 is 5.82 Å². The number of aryl methyl sites for hydroxylation is 3. The fourth-order valence-corrected chi connectivity index (χ4v) is 2.69. The van der Waals surface area contributed by atoms with Crippen LogP contribution in [0.15, 0.2) is 30.3 Å². The molecule has 1 aromatic carbocycles. The molecule has 2 aromatic heterocycles.